The fraction of sp³-hybridized carbons (Fsp3) is 0.450. The van der Waals surface area contributed by atoms with Gasteiger partial charge in [0.2, 0.25) is 0 Å². The van der Waals surface area contributed by atoms with Crippen molar-refractivity contribution in [2.24, 2.45) is 0 Å². The highest BCUT2D eigenvalue weighted by molar-refractivity contribution is 9.10. The van der Waals surface area contributed by atoms with Crippen LogP contribution in [0.5, 0.6) is 0 Å². The van der Waals surface area contributed by atoms with Crippen molar-refractivity contribution >= 4 is 70.6 Å². The van der Waals surface area contributed by atoms with Crippen molar-refractivity contribution in [2.75, 3.05) is 45.2 Å². The van der Waals surface area contributed by atoms with Gasteiger partial charge >= 0.3 is 5.97 Å². The van der Waals surface area contributed by atoms with Crippen molar-refractivity contribution in [1.29, 1.82) is 0 Å². The Morgan fingerprint density at radius 2 is 2.03 bits per heavy atom. The average molecular weight is 575 g/mol. The number of rotatable bonds is 7. The van der Waals surface area contributed by atoms with Gasteiger partial charge in [-0.25, -0.2) is 23.2 Å². The average Bonchev–Trinajstić information content (AvgIpc) is 3.37. The third-order valence-corrected chi connectivity index (χ3v) is 11.2. The minimum atomic E-state index is -3.70. The Balaban J connectivity index is 1.36. The number of fused-ring (bicyclic) bond motifs is 1. The molecule has 1 aliphatic heterocycles. The summed E-state index contributed by atoms with van der Waals surface area (Å²) in [6, 6.07) is 1.62. The molecule has 0 bridgehead atoms. The summed E-state index contributed by atoms with van der Waals surface area (Å²) in [5.74, 6) is 0.280. The number of carbonyl (C=O) groups excluding carboxylic acids is 1. The second kappa shape index (κ2) is 9.92. The highest BCUT2D eigenvalue weighted by Crippen LogP contribution is 2.34. The molecule has 0 unspecified atom stereocenters. The molecule has 3 aromatic rings. The van der Waals surface area contributed by atoms with Crippen molar-refractivity contribution in [2.45, 2.75) is 24.1 Å². The number of aryl methyl sites for hydroxylation is 1. The Morgan fingerprint density at radius 1 is 1.30 bits per heavy atom. The summed E-state index contributed by atoms with van der Waals surface area (Å²) in [6.07, 6.45) is 1.58. The number of carbonyl (C=O) groups is 1. The van der Waals surface area contributed by atoms with E-state index in [1.165, 1.54) is 17.5 Å². The topological polar surface area (TPSA) is 105 Å². The molecule has 1 N–H and O–H groups in total. The number of aromatic nitrogens is 2. The van der Waals surface area contributed by atoms with E-state index < -0.39 is 16.0 Å². The summed E-state index contributed by atoms with van der Waals surface area (Å²) in [4.78, 5) is 23.0. The number of halogens is 1. The molecular weight excluding hydrogens is 550 g/mol. The lowest BCUT2D eigenvalue weighted by atomic mass is 10.2. The lowest BCUT2D eigenvalue weighted by Crippen LogP contribution is -2.50. The number of esters is 1. The molecule has 1 atom stereocenters. The summed E-state index contributed by atoms with van der Waals surface area (Å²) in [6.45, 7) is 6.90. The summed E-state index contributed by atoms with van der Waals surface area (Å²) < 4.78 is 34.0. The molecule has 4 rings (SSSR count). The lowest BCUT2D eigenvalue weighted by molar-refractivity contribution is 0.0606. The third kappa shape index (κ3) is 5.08. The Hall–Kier alpha value is -1.64. The summed E-state index contributed by atoms with van der Waals surface area (Å²) in [7, 11) is -2.42. The van der Waals surface area contributed by atoms with Crippen LogP contribution in [0.25, 0.3) is 10.2 Å². The van der Waals surface area contributed by atoms with E-state index in [1.54, 1.807) is 17.7 Å². The van der Waals surface area contributed by atoms with E-state index in [-0.39, 0.29) is 15.1 Å². The fourth-order valence-corrected chi connectivity index (χ4v) is 8.82. The maximum absolute atomic E-state index is 13.1. The van der Waals surface area contributed by atoms with E-state index in [9.17, 15) is 13.2 Å². The molecule has 0 amide bonds. The molecule has 4 heterocycles. The zero-order chi connectivity index (χ0) is 23.8. The van der Waals surface area contributed by atoms with E-state index in [2.05, 4.69) is 48.4 Å². The van der Waals surface area contributed by atoms with Gasteiger partial charge in [-0.2, -0.15) is 4.31 Å². The number of ether oxygens (including phenoxy) is 1. The van der Waals surface area contributed by atoms with Crippen molar-refractivity contribution in [3.63, 3.8) is 0 Å². The van der Waals surface area contributed by atoms with E-state index in [0.29, 0.717) is 30.7 Å². The number of anilines is 1. The first-order chi connectivity index (χ1) is 15.7. The maximum Gasteiger partial charge on any atom is 0.348 e. The first-order valence-electron chi connectivity index (χ1n) is 10.3. The number of hydrogen-bond acceptors (Lipinski definition) is 10. The quantitative estimate of drug-likeness (QED) is 0.429. The van der Waals surface area contributed by atoms with Crippen LogP contribution < -0.4 is 5.32 Å². The lowest BCUT2D eigenvalue weighted by Gasteiger charge is -2.35. The molecule has 0 radical (unpaired) electrons. The molecular formula is C20H24BrN5O4S3. The van der Waals surface area contributed by atoms with Gasteiger partial charge in [-0.1, -0.05) is 0 Å². The Kier molecular flexibility index (Phi) is 7.36. The van der Waals surface area contributed by atoms with Crippen LogP contribution in [-0.4, -0.2) is 79.4 Å². The molecule has 9 nitrogen and oxygen atoms in total. The largest absolute Gasteiger partial charge is 0.465 e. The number of nitrogens with zero attached hydrogens (tertiary/aromatic N) is 4. The minimum Gasteiger partial charge on any atom is -0.465 e. The van der Waals surface area contributed by atoms with Crippen LogP contribution >= 0.6 is 38.6 Å². The first kappa shape index (κ1) is 24.5. The molecule has 1 saturated heterocycles. The SMILES string of the molecule is COC(=O)c1cc(Br)c(S(=O)(=O)N2CCN(C[C@H](C)Nc3ncnc4c(C)csc34)CC2)s1. The van der Waals surface area contributed by atoms with Crippen molar-refractivity contribution in [3.05, 3.63) is 32.7 Å². The van der Waals surface area contributed by atoms with Gasteiger partial charge < -0.3 is 10.1 Å². The number of sulfonamides is 1. The normalized spacial score (nSPS) is 16.7. The molecule has 13 heteroatoms. The van der Waals surface area contributed by atoms with Crippen LogP contribution in [0.4, 0.5) is 5.82 Å². The predicted molar refractivity (Wildman–Crippen MR) is 134 cm³/mol. The zero-order valence-electron chi connectivity index (χ0n) is 18.4. The van der Waals surface area contributed by atoms with Gasteiger partial charge in [-0.15, -0.1) is 22.7 Å². The van der Waals surface area contributed by atoms with Gasteiger partial charge in [0.15, 0.2) is 0 Å². The van der Waals surface area contributed by atoms with Gasteiger partial charge in [0.1, 0.15) is 21.2 Å². The standard InChI is InChI=1S/C20H24BrN5O4S3/c1-12-10-31-17-16(12)22-11-23-18(17)24-13(2)9-25-4-6-26(7-5-25)33(28,29)20-14(21)8-15(32-20)19(27)30-3/h8,10-11,13H,4-7,9H2,1-3H3,(H,22,23,24)/t13-/m0/s1. The molecule has 1 fully saturated rings. The number of methoxy groups -OCH3 is 1. The molecule has 33 heavy (non-hydrogen) atoms. The van der Waals surface area contributed by atoms with Crippen LogP contribution in [0.2, 0.25) is 0 Å². The van der Waals surface area contributed by atoms with Crippen LogP contribution in [0.15, 0.2) is 26.5 Å². The van der Waals surface area contributed by atoms with Crippen LogP contribution in [0.1, 0.15) is 22.2 Å². The number of nitrogens with one attached hydrogen (secondary N) is 1. The van der Waals surface area contributed by atoms with Gasteiger partial charge in [-0.3, -0.25) is 4.90 Å². The number of thiophene rings is 2. The molecule has 3 aromatic heterocycles. The Morgan fingerprint density at radius 3 is 2.73 bits per heavy atom. The minimum absolute atomic E-state index is 0.128. The van der Waals surface area contributed by atoms with E-state index in [4.69, 9.17) is 4.74 Å². The first-order valence-corrected chi connectivity index (χ1v) is 14.2. The maximum atomic E-state index is 13.1. The van der Waals surface area contributed by atoms with Gasteiger partial charge in [0.25, 0.3) is 10.0 Å². The third-order valence-electron chi connectivity index (χ3n) is 5.39. The number of piperazine rings is 1. The highest BCUT2D eigenvalue weighted by Gasteiger charge is 2.33. The molecule has 0 aromatic carbocycles. The van der Waals surface area contributed by atoms with E-state index in [0.717, 1.165) is 39.5 Å². The van der Waals surface area contributed by atoms with E-state index >= 15 is 0 Å². The van der Waals surface area contributed by atoms with Gasteiger partial charge in [-0.05, 0) is 46.8 Å². The molecule has 0 aliphatic carbocycles. The van der Waals surface area contributed by atoms with Crippen molar-refractivity contribution < 1.29 is 17.9 Å². The highest BCUT2D eigenvalue weighted by atomic mass is 79.9. The molecule has 178 valence electrons. The second-order valence-corrected chi connectivity index (χ2v) is 12.7. The smallest absolute Gasteiger partial charge is 0.348 e. The van der Waals surface area contributed by atoms with Gasteiger partial charge in [0, 0.05) is 43.2 Å². The number of hydrogen-bond donors (Lipinski definition) is 1. The molecule has 0 spiro atoms. The van der Waals surface area contributed by atoms with Crippen molar-refractivity contribution in [1.82, 2.24) is 19.2 Å². The van der Waals surface area contributed by atoms with Gasteiger partial charge in [0.05, 0.1) is 17.3 Å². The Labute approximate surface area is 209 Å². The predicted octanol–water partition coefficient (Wildman–Crippen LogP) is 3.42. The van der Waals surface area contributed by atoms with Crippen LogP contribution in [0, 0.1) is 6.92 Å². The van der Waals surface area contributed by atoms with Crippen LogP contribution in [0.3, 0.4) is 0 Å². The second-order valence-electron chi connectivity index (χ2n) is 7.81. The fourth-order valence-electron chi connectivity index (χ4n) is 3.74. The van der Waals surface area contributed by atoms with E-state index in [1.807, 2.05) is 6.92 Å². The summed E-state index contributed by atoms with van der Waals surface area (Å²) in [5.41, 5.74) is 2.11. The molecule has 0 saturated carbocycles. The molecule has 1 aliphatic rings. The Bertz CT molecular complexity index is 1270. The van der Waals surface area contributed by atoms with Crippen molar-refractivity contribution in [3.8, 4) is 0 Å². The van der Waals surface area contributed by atoms with Crippen LogP contribution in [-0.2, 0) is 14.8 Å². The monoisotopic (exact) mass is 573 g/mol. The zero-order valence-corrected chi connectivity index (χ0v) is 22.4. The summed E-state index contributed by atoms with van der Waals surface area (Å²) >= 11 is 5.83. The summed E-state index contributed by atoms with van der Waals surface area (Å²) in [5, 5.41) is 5.55.